The first kappa shape index (κ1) is 15.2. The van der Waals surface area contributed by atoms with Gasteiger partial charge < -0.3 is 10.1 Å². The van der Waals surface area contributed by atoms with Gasteiger partial charge in [-0.15, -0.1) is 0 Å². The lowest BCUT2D eigenvalue weighted by molar-refractivity contribution is -0.140. The molecule has 0 spiro atoms. The number of hydrogen-bond acceptors (Lipinski definition) is 7. The zero-order valence-electron chi connectivity index (χ0n) is 11.1. The van der Waals surface area contributed by atoms with E-state index < -0.39 is 16.0 Å². The Morgan fingerprint density at radius 1 is 1.55 bits per heavy atom. The maximum Gasteiger partial charge on any atom is 0.305 e. The molecule has 0 aliphatic carbocycles. The molecule has 1 aromatic rings. The number of esters is 1. The molecule has 0 amide bonds. The SMILES string of the molecule is COC(=O)CCCS(=O)(=O)Nc1nc2c(s1)CNCC2. The number of aromatic nitrogens is 1. The van der Waals surface area contributed by atoms with Crippen molar-refractivity contribution in [2.75, 3.05) is 24.1 Å². The number of thiazole rings is 1. The zero-order valence-corrected chi connectivity index (χ0v) is 12.8. The Hall–Kier alpha value is -1.19. The minimum atomic E-state index is -3.47. The Balaban J connectivity index is 1.91. The zero-order chi connectivity index (χ0) is 14.6. The van der Waals surface area contributed by atoms with Crippen LogP contribution in [-0.4, -0.2) is 38.8 Å². The van der Waals surface area contributed by atoms with Crippen LogP contribution >= 0.6 is 11.3 Å². The first-order valence-electron chi connectivity index (χ1n) is 6.27. The second kappa shape index (κ2) is 6.51. The highest BCUT2D eigenvalue weighted by atomic mass is 32.2. The number of hydrogen-bond donors (Lipinski definition) is 2. The monoisotopic (exact) mass is 319 g/mol. The largest absolute Gasteiger partial charge is 0.469 e. The second-order valence-electron chi connectivity index (χ2n) is 4.42. The number of methoxy groups -OCH3 is 1. The molecule has 0 saturated carbocycles. The summed E-state index contributed by atoms with van der Waals surface area (Å²) >= 11 is 1.35. The highest BCUT2D eigenvalue weighted by Crippen LogP contribution is 2.26. The van der Waals surface area contributed by atoms with Gasteiger partial charge >= 0.3 is 5.97 Å². The average molecular weight is 319 g/mol. The molecular formula is C11H17N3O4S2. The number of sulfonamides is 1. The van der Waals surface area contributed by atoms with E-state index in [0.29, 0.717) is 5.13 Å². The molecule has 112 valence electrons. The van der Waals surface area contributed by atoms with E-state index in [4.69, 9.17) is 0 Å². The topological polar surface area (TPSA) is 97.4 Å². The lowest BCUT2D eigenvalue weighted by atomic mass is 10.2. The van der Waals surface area contributed by atoms with E-state index in [1.54, 1.807) is 0 Å². The van der Waals surface area contributed by atoms with Gasteiger partial charge in [-0.1, -0.05) is 11.3 Å². The quantitative estimate of drug-likeness (QED) is 0.740. The Morgan fingerprint density at radius 2 is 2.35 bits per heavy atom. The van der Waals surface area contributed by atoms with Crippen molar-refractivity contribution < 1.29 is 17.9 Å². The van der Waals surface area contributed by atoms with Gasteiger partial charge in [0, 0.05) is 30.8 Å². The van der Waals surface area contributed by atoms with Gasteiger partial charge in [0.2, 0.25) is 10.0 Å². The summed E-state index contributed by atoms with van der Waals surface area (Å²) in [5.74, 6) is -0.527. The lowest BCUT2D eigenvalue weighted by Crippen LogP contribution is -2.22. The molecule has 2 rings (SSSR count). The molecular weight excluding hydrogens is 302 g/mol. The van der Waals surface area contributed by atoms with E-state index in [2.05, 4.69) is 19.8 Å². The van der Waals surface area contributed by atoms with Crippen molar-refractivity contribution >= 4 is 32.5 Å². The van der Waals surface area contributed by atoms with Crippen molar-refractivity contribution in [3.05, 3.63) is 10.6 Å². The molecule has 2 heterocycles. The van der Waals surface area contributed by atoms with Gasteiger partial charge in [-0.3, -0.25) is 9.52 Å². The summed E-state index contributed by atoms with van der Waals surface area (Å²) in [7, 11) is -2.19. The molecule has 2 N–H and O–H groups in total. The molecule has 20 heavy (non-hydrogen) atoms. The number of ether oxygens (including phenoxy) is 1. The van der Waals surface area contributed by atoms with Crippen LogP contribution < -0.4 is 10.0 Å². The van der Waals surface area contributed by atoms with Crippen molar-refractivity contribution in [2.45, 2.75) is 25.8 Å². The third-order valence-electron chi connectivity index (χ3n) is 2.87. The molecule has 1 aliphatic heterocycles. The van der Waals surface area contributed by atoms with Crippen LogP contribution in [0.1, 0.15) is 23.4 Å². The smallest absolute Gasteiger partial charge is 0.305 e. The summed E-state index contributed by atoms with van der Waals surface area (Å²) in [5, 5.41) is 3.61. The van der Waals surface area contributed by atoms with Crippen molar-refractivity contribution in [2.24, 2.45) is 0 Å². The third-order valence-corrected chi connectivity index (χ3v) is 5.34. The fourth-order valence-electron chi connectivity index (χ4n) is 1.86. The van der Waals surface area contributed by atoms with Gasteiger partial charge in [-0.25, -0.2) is 13.4 Å². The van der Waals surface area contributed by atoms with E-state index in [-0.39, 0.29) is 18.6 Å². The normalized spacial score (nSPS) is 14.7. The highest BCUT2D eigenvalue weighted by Gasteiger charge is 2.18. The summed E-state index contributed by atoms with van der Waals surface area (Å²) < 4.78 is 30.7. The van der Waals surface area contributed by atoms with Crippen LogP contribution in [0, 0.1) is 0 Å². The van der Waals surface area contributed by atoms with Crippen LogP contribution in [0.2, 0.25) is 0 Å². The fraction of sp³-hybridized carbons (Fsp3) is 0.636. The summed E-state index contributed by atoms with van der Waals surface area (Å²) in [5.41, 5.74) is 0.959. The predicted octanol–water partition coefficient (Wildman–Crippen LogP) is 0.484. The number of nitrogens with one attached hydrogen (secondary N) is 2. The van der Waals surface area contributed by atoms with E-state index in [9.17, 15) is 13.2 Å². The highest BCUT2D eigenvalue weighted by molar-refractivity contribution is 7.92. The van der Waals surface area contributed by atoms with E-state index >= 15 is 0 Å². The lowest BCUT2D eigenvalue weighted by Gasteiger charge is -2.09. The Kier molecular flexibility index (Phi) is 4.95. The van der Waals surface area contributed by atoms with Crippen LogP contribution in [0.15, 0.2) is 0 Å². The number of nitrogens with zero attached hydrogens (tertiary/aromatic N) is 1. The predicted molar refractivity (Wildman–Crippen MR) is 76.2 cm³/mol. The first-order valence-corrected chi connectivity index (χ1v) is 8.73. The molecule has 9 heteroatoms. The molecule has 0 bridgehead atoms. The summed E-state index contributed by atoms with van der Waals surface area (Å²) in [4.78, 5) is 16.3. The number of fused-ring (bicyclic) bond motifs is 1. The van der Waals surface area contributed by atoms with Crippen LogP contribution in [0.25, 0.3) is 0 Å². The molecule has 0 fully saturated rings. The van der Waals surface area contributed by atoms with Gasteiger partial charge in [0.1, 0.15) is 0 Å². The molecule has 7 nitrogen and oxygen atoms in total. The van der Waals surface area contributed by atoms with Crippen LogP contribution in [0.3, 0.4) is 0 Å². The fourth-order valence-corrected chi connectivity index (χ4v) is 4.18. The maximum absolute atomic E-state index is 11.9. The van der Waals surface area contributed by atoms with Gasteiger partial charge in [0.05, 0.1) is 18.6 Å². The van der Waals surface area contributed by atoms with Crippen LogP contribution in [0.4, 0.5) is 5.13 Å². The first-order chi connectivity index (χ1) is 9.50. The minimum Gasteiger partial charge on any atom is -0.469 e. The molecule has 0 radical (unpaired) electrons. The number of carbonyl (C=O) groups is 1. The van der Waals surface area contributed by atoms with Crippen molar-refractivity contribution in [3.63, 3.8) is 0 Å². The van der Waals surface area contributed by atoms with Crippen molar-refractivity contribution in [1.29, 1.82) is 0 Å². The molecule has 0 saturated heterocycles. The van der Waals surface area contributed by atoms with Crippen molar-refractivity contribution in [3.8, 4) is 0 Å². The summed E-state index contributed by atoms with van der Waals surface area (Å²) in [6, 6.07) is 0. The van der Waals surface area contributed by atoms with E-state index in [1.165, 1.54) is 18.4 Å². The summed E-state index contributed by atoms with van der Waals surface area (Å²) in [6.07, 6.45) is 1.14. The number of rotatable bonds is 6. The minimum absolute atomic E-state index is 0.0930. The maximum atomic E-state index is 11.9. The van der Waals surface area contributed by atoms with E-state index in [0.717, 1.165) is 30.1 Å². The van der Waals surface area contributed by atoms with Crippen LogP contribution in [0.5, 0.6) is 0 Å². The van der Waals surface area contributed by atoms with Crippen molar-refractivity contribution in [1.82, 2.24) is 10.3 Å². The Labute approximate surface area is 121 Å². The van der Waals surface area contributed by atoms with Gasteiger partial charge in [-0.2, -0.15) is 0 Å². The number of anilines is 1. The van der Waals surface area contributed by atoms with Crippen LogP contribution in [-0.2, 0) is 32.5 Å². The molecule has 0 unspecified atom stereocenters. The summed E-state index contributed by atoms with van der Waals surface area (Å²) in [6.45, 7) is 1.60. The van der Waals surface area contributed by atoms with Gasteiger partial charge in [0.15, 0.2) is 5.13 Å². The van der Waals surface area contributed by atoms with Gasteiger partial charge in [0.25, 0.3) is 0 Å². The Bertz CT molecular complexity index is 559. The standard InChI is InChI=1S/C11H17N3O4S2/c1-18-10(15)3-2-6-20(16,17)14-11-13-8-4-5-12-7-9(8)19-11/h12H,2-7H2,1H3,(H,13,14). The molecule has 0 aromatic carbocycles. The Morgan fingerprint density at radius 3 is 3.05 bits per heavy atom. The van der Waals surface area contributed by atoms with E-state index in [1.807, 2.05) is 0 Å². The molecule has 1 aliphatic rings. The van der Waals surface area contributed by atoms with Gasteiger partial charge in [-0.05, 0) is 6.42 Å². The molecule has 0 atom stereocenters. The molecule has 1 aromatic heterocycles. The third kappa shape index (κ3) is 4.15. The average Bonchev–Trinajstić information content (AvgIpc) is 2.79. The number of carbonyl (C=O) groups excluding carboxylic acids is 1. The second-order valence-corrected chi connectivity index (χ2v) is 7.34.